The van der Waals surface area contributed by atoms with Crippen LogP contribution in [-0.4, -0.2) is 40.6 Å². The van der Waals surface area contributed by atoms with Crippen molar-refractivity contribution in [2.75, 3.05) is 24.2 Å². The monoisotopic (exact) mass is 471 g/mol. The molecule has 3 aromatic rings. The number of nitrogens with zero attached hydrogens (tertiary/aromatic N) is 3. The van der Waals surface area contributed by atoms with E-state index >= 15 is 0 Å². The number of carbonyl (C=O) groups is 1. The van der Waals surface area contributed by atoms with Crippen LogP contribution >= 0.6 is 0 Å². The molecule has 1 aliphatic heterocycles. The smallest absolute Gasteiger partial charge is 0.416 e. The van der Waals surface area contributed by atoms with Crippen LogP contribution < -0.4 is 15.4 Å². The van der Waals surface area contributed by atoms with Crippen LogP contribution in [0.2, 0.25) is 0 Å². The van der Waals surface area contributed by atoms with E-state index in [9.17, 15) is 18.0 Å². The molecule has 1 aromatic carbocycles. The normalized spacial score (nSPS) is 16.3. The zero-order valence-electron chi connectivity index (χ0n) is 18.5. The first-order valence-corrected chi connectivity index (χ1v) is 10.8. The number of aromatic nitrogens is 2. The number of nitrogens with one attached hydrogen (secondary N) is 2. The molecule has 3 heterocycles. The van der Waals surface area contributed by atoms with Crippen LogP contribution in [-0.2, 0) is 12.7 Å². The number of halogens is 3. The molecular weight excluding hydrogens is 447 g/mol. The molecule has 2 aromatic heterocycles. The molecule has 1 amide bonds. The minimum atomic E-state index is -4.50. The first-order valence-electron chi connectivity index (χ1n) is 10.8. The van der Waals surface area contributed by atoms with Crippen LogP contribution in [0.25, 0.3) is 0 Å². The van der Waals surface area contributed by atoms with Gasteiger partial charge in [-0.2, -0.15) is 13.2 Å². The number of hydrogen-bond acceptors (Lipinski definition) is 6. The van der Waals surface area contributed by atoms with E-state index in [0.29, 0.717) is 18.2 Å². The van der Waals surface area contributed by atoms with Gasteiger partial charge in [-0.1, -0.05) is 6.07 Å². The van der Waals surface area contributed by atoms with Gasteiger partial charge in [0.15, 0.2) is 6.23 Å². The average Bonchev–Trinajstić information content (AvgIpc) is 3.22. The van der Waals surface area contributed by atoms with E-state index in [2.05, 4.69) is 25.5 Å². The fraction of sp³-hybridized carbons (Fsp3) is 0.292. The Balaban J connectivity index is 1.43. The first kappa shape index (κ1) is 23.5. The molecule has 1 atom stereocenters. The molecule has 0 saturated carbocycles. The molecule has 1 saturated heterocycles. The molecule has 10 heteroatoms. The molecule has 0 radical (unpaired) electrons. The van der Waals surface area contributed by atoms with Crippen molar-refractivity contribution in [1.29, 1.82) is 0 Å². The number of alkyl halides is 3. The standard InChI is InChI=1S/C24H24F3N5O2/c1-32-12-4-8-21(32)34-20-13-16(9-11-28-20)15-30-22-19(7-3-10-29-22)23(33)31-18-6-2-5-17(14-18)24(25,26)27/h2-3,5-7,9-11,13-14,21H,4,8,12,15H2,1H3,(H,29,30)(H,31,33). The molecule has 1 unspecified atom stereocenters. The molecule has 178 valence electrons. The van der Waals surface area contributed by atoms with Crippen molar-refractivity contribution in [2.45, 2.75) is 31.8 Å². The second-order valence-corrected chi connectivity index (χ2v) is 7.98. The number of benzene rings is 1. The second kappa shape index (κ2) is 10.1. The highest BCUT2D eigenvalue weighted by molar-refractivity contribution is 6.07. The summed E-state index contributed by atoms with van der Waals surface area (Å²) in [7, 11) is 2.01. The van der Waals surface area contributed by atoms with Gasteiger partial charge in [-0.05, 0) is 61.9 Å². The maximum absolute atomic E-state index is 13.0. The Kier molecular flexibility index (Phi) is 6.97. The maximum Gasteiger partial charge on any atom is 0.416 e. The van der Waals surface area contributed by atoms with Gasteiger partial charge in [0.2, 0.25) is 5.88 Å². The molecule has 0 aliphatic carbocycles. The fourth-order valence-electron chi connectivity index (χ4n) is 3.68. The number of anilines is 2. The van der Waals surface area contributed by atoms with E-state index in [4.69, 9.17) is 4.74 Å². The van der Waals surface area contributed by atoms with E-state index in [1.165, 1.54) is 18.3 Å². The lowest BCUT2D eigenvalue weighted by molar-refractivity contribution is -0.137. The third-order valence-corrected chi connectivity index (χ3v) is 5.47. The summed E-state index contributed by atoms with van der Waals surface area (Å²) in [4.78, 5) is 23.4. The maximum atomic E-state index is 13.0. The van der Waals surface area contributed by atoms with Crippen molar-refractivity contribution in [1.82, 2.24) is 14.9 Å². The third kappa shape index (κ3) is 5.82. The van der Waals surface area contributed by atoms with Crippen molar-refractivity contribution in [2.24, 2.45) is 0 Å². The Morgan fingerprint density at radius 1 is 1.15 bits per heavy atom. The number of carbonyl (C=O) groups excluding carboxylic acids is 1. The first-order chi connectivity index (χ1) is 16.3. The minimum Gasteiger partial charge on any atom is -0.458 e. The molecular formula is C24H24F3N5O2. The number of rotatable bonds is 7. The predicted molar refractivity (Wildman–Crippen MR) is 121 cm³/mol. The van der Waals surface area contributed by atoms with Gasteiger partial charge in [0, 0.05) is 37.2 Å². The molecule has 7 nitrogen and oxygen atoms in total. The van der Waals surface area contributed by atoms with Gasteiger partial charge in [0.25, 0.3) is 5.91 Å². The second-order valence-electron chi connectivity index (χ2n) is 7.98. The van der Waals surface area contributed by atoms with Gasteiger partial charge >= 0.3 is 6.18 Å². The minimum absolute atomic E-state index is 0.00218. The summed E-state index contributed by atoms with van der Waals surface area (Å²) in [6, 6.07) is 11.3. The van der Waals surface area contributed by atoms with Crippen LogP contribution in [0.3, 0.4) is 0 Å². The van der Waals surface area contributed by atoms with Crippen molar-refractivity contribution >= 4 is 17.4 Å². The zero-order valence-corrected chi connectivity index (χ0v) is 18.5. The van der Waals surface area contributed by atoms with Gasteiger partial charge < -0.3 is 15.4 Å². The number of hydrogen-bond donors (Lipinski definition) is 2. The molecule has 4 rings (SSSR count). The fourth-order valence-corrected chi connectivity index (χ4v) is 3.68. The molecule has 0 spiro atoms. The summed E-state index contributed by atoms with van der Waals surface area (Å²) in [5.74, 6) is 0.251. The van der Waals surface area contributed by atoms with Crippen LogP contribution in [0, 0.1) is 0 Å². The Bertz CT molecular complexity index is 1160. The Labute approximate surface area is 195 Å². The topological polar surface area (TPSA) is 79.4 Å². The van der Waals surface area contributed by atoms with Crippen molar-refractivity contribution < 1.29 is 22.7 Å². The van der Waals surface area contributed by atoms with Crippen LogP contribution in [0.1, 0.15) is 34.3 Å². The molecule has 34 heavy (non-hydrogen) atoms. The SMILES string of the molecule is CN1CCCC1Oc1cc(CNc2ncccc2C(=O)Nc2cccc(C(F)(F)F)c2)ccn1. The molecule has 0 bridgehead atoms. The molecule has 2 N–H and O–H groups in total. The van der Waals surface area contributed by atoms with Gasteiger partial charge in [-0.25, -0.2) is 9.97 Å². The van der Waals surface area contributed by atoms with E-state index in [1.54, 1.807) is 18.3 Å². The van der Waals surface area contributed by atoms with Crippen LogP contribution in [0.4, 0.5) is 24.7 Å². The quantitative estimate of drug-likeness (QED) is 0.516. The van der Waals surface area contributed by atoms with Gasteiger partial charge in [-0.15, -0.1) is 0 Å². The molecule has 1 aliphatic rings. The lowest BCUT2D eigenvalue weighted by Gasteiger charge is -2.20. The Morgan fingerprint density at radius 3 is 2.76 bits per heavy atom. The summed E-state index contributed by atoms with van der Waals surface area (Å²) in [5, 5.41) is 5.63. The lowest BCUT2D eigenvalue weighted by atomic mass is 10.1. The summed E-state index contributed by atoms with van der Waals surface area (Å²) in [5.41, 5.74) is 0.287. The summed E-state index contributed by atoms with van der Waals surface area (Å²) < 4.78 is 44.9. The van der Waals surface area contributed by atoms with E-state index in [-0.39, 0.29) is 17.5 Å². The number of amides is 1. The van der Waals surface area contributed by atoms with Gasteiger partial charge in [-0.3, -0.25) is 9.69 Å². The average molecular weight is 471 g/mol. The highest BCUT2D eigenvalue weighted by Gasteiger charge is 2.30. The van der Waals surface area contributed by atoms with E-state index in [0.717, 1.165) is 37.1 Å². The highest BCUT2D eigenvalue weighted by atomic mass is 19.4. The Morgan fingerprint density at radius 2 is 2.00 bits per heavy atom. The highest BCUT2D eigenvalue weighted by Crippen LogP contribution is 2.31. The third-order valence-electron chi connectivity index (χ3n) is 5.47. The summed E-state index contributed by atoms with van der Waals surface area (Å²) in [6.45, 7) is 1.33. The lowest BCUT2D eigenvalue weighted by Crippen LogP contribution is -2.30. The van der Waals surface area contributed by atoms with Crippen molar-refractivity contribution in [3.05, 3.63) is 77.6 Å². The van der Waals surface area contributed by atoms with Crippen molar-refractivity contribution in [3.8, 4) is 5.88 Å². The summed E-state index contributed by atoms with van der Waals surface area (Å²) in [6.07, 6.45) is 0.702. The predicted octanol–water partition coefficient (Wildman–Crippen LogP) is 4.79. The van der Waals surface area contributed by atoms with Crippen LogP contribution in [0.15, 0.2) is 60.9 Å². The van der Waals surface area contributed by atoms with Gasteiger partial charge in [0.1, 0.15) is 5.82 Å². The van der Waals surface area contributed by atoms with E-state index < -0.39 is 17.6 Å². The molecule has 1 fully saturated rings. The zero-order chi connectivity index (χ0) is 24.1. The number of pyridine rings is 2. The number of ether oxygens (including phenoxy) is 1. The number of likely N-dealkylation sites (tertiary alicyclic amines) is 1. The van der Waals surface area contributed by atoms with Crippen molar-refractivity contribution in [3.63, 3.8) is 0 Å². The largest absolute Gasteiger partial charge is 0.458 e. The van der Waals surface area contributed by atoms with Crippen LogP contribution in [0.5, 0.6) is 5.88 Å². The van der Waals surface area contributed by atoms with E-state index in [1.807, 2.05) is 19.2 Å². The Hall–Kier alpha value is -3.66. The summed E-state index contributed by atoms with van der Waals surface area (Å²) >= 11 is 0. The van der Waals surface area contributed by atoms with Gasteiger partial charge in [0.05, 0.1) is 11.1 Å².